The van der Waals surface area contributed by atoms with Gasteiger partial charge in [-0.25, -0.2) is 13.4 Å². The van der Waals surface area contributed by atoms with Crippen molar-refractivity contribution in [3.05, 3.63) is 46.6 Å². The first-order valence-electron chi connectivity index (χ1n) is 6.48. The van der Waals surface area contributed by atoms with E-state index >= 15 is 0 Å². The number of hydrogen-bond acceptors (Lipinski definition) is 4. The monoisotopic (exact) mass is 306 g/mol. The van der Waals surface area contributed by atoms with E-state index in [2.05, 4.69) is 9.71 Å². The number of aromatic nitrogens is 1. The van der Waals surface area contributed by atoms with Gasteiger partial charge in [-0.15, -0.1) is 0 Å². The van der Waals surface area contributed by atoms with E-state index in [4.69, 9.17) is 0 Å². The molecule has 0 fully saturated rings. The number of sulfonamides is 1. The van der Waals surface area contributed by atoms with Gasteiger partial charge in [0.15, 0.2) is 0 Å². The fourth-order valence-corrected chi connectivity index (χ4v) is 3.00. The van der Waals surface area contributed by atoms with Crippen LogP contribution < -0.4 is 4.72 Å². The highest BCUT2D eigenvalue weighted by Crippen LogP contribution is 2.28. The zero-order valence-corrected chi connectivity index (χ0v) is 13.2. The van der Waals surface area contributed by atoms with Crippen LogP contribution in [0.15, 0.2) is 29.2 Å². The van der Waals surface area contributed by atoms with Crippen molar-refractivity contribution < 1.29 is 13.5 Å². The van der Waals surface area contributed by atoms with Crippen molar-refractivity contribution >= 4 is 15.8 Å². The second-order valence-electron chi connectivity index (χ2n) is 5.06. The molecule has 0 unspecified atom stereocenters. The molecule has 0 bridgehead atoms. The summed E-state index contributed by atoms with van der Waals surface area (Å²) < 4.78 is 27.2. The zero-order valence-electron chi connectivity index (χ0n) is 12.4. The molecule has 0 saturated heterocycles. The average Bonchev–Trinajstić information content (AvgIpc) is 2.42. The molecule has 1 heterocycles. The first-order valence-corrected chi connectivity index (χ1v) is 7.97. The Labute approximate surface area is 124 Å². The van der Waals surface area contributed by atoms with Gasteiger partial charge in [0.1, 0.15) is 11.6 Å². The van der Waals surface area contributed by atoms with Gasteiger partial charge < -0.3 is 5.11 Å². The quantitative estimate of drug-likeness (QED) is 0.914. The lowest BCUT2D eigenvalue weighted by atomic mass is 10.1. The second-order valence-corrected chi connectivity index (χ2v) is 6.75. The van der Waals surface area contributed by atoms with Gasteiger partial charge in [-0.2, -0.15) is 0 Å². The first-order chi connectivity index (χ1) is 9.72. The van der Waals surface area contributed by atoms with Crippen LogP contribution in [0, 0.1) is 27.7 Å². The Morgan fingerprint density at radius 2 is 1.57 bits per heavy atom. The van der Waals surface area contributed by atoms with Crippen LogP contribution >= 0.6 is 0 Å². The molecule has 1 aromatic heterocycles. The van der Waals surface area contributed by atoms with Crippen LogP contribution in [0.2, 0.25) is 0 Å². The van der Waals surface area contributed by atoms with Gasteiger partial charge in [0.05, 0.1) is 10.6 Å². The van der Waals surface area contributed by atoms with Crippen molar-refractivity contribution in [3.8, 4) is 5.75 Å². The standard InChI is InChI=1S/C15H18N2O3S/c1-9-5-7-13(8-6-9)21(19,20)17-15-11(3)10(2)14(18)12(4)16-15/h5-8,18H,1-4H3,(H,16,17). The number of aryl methyl sites for hydroxylation is 2. The van der Waals surface area contributed by atoms with Crippen molar-refractivity contribution in [1.82, 2.24) is 4.98 Å². The fourth-order valence-electron chi connectivity index (χ4n) is 1.93. The van der Waals surface area contributed by atoms with Gasteiger partial charge in [0.25, 0.3) is 10.0 Å². The Morgan fingerprint density at radius 1 is 1.00 bits per heavy atom. The number of benzene rings is 1. The highest BCUT2D eigenvalue weighted by atomic mass is 32.2. The van der Waals surface area contributed by atoms with Gasteiger partial charge in [-0.05, 0) is 51.0 Å². The summed E-state index contributed by atoms with van der Waals surface area (Å²) in [6.07, 6.45) is 0. The predicted octanol–water partition coefficient (Wildman–Crippen LogP) is 2.82. The summed E-state index contributed by atoms with van der Waals surface area (Å²) in [6.45, 7) is 6.96. The highest BCUT2D eigenvalue weighted by Gasteiger charge is 2.18. The highest BCUT2D eigenvalue weighted by molar-refractivity contribution is 7.92. The van der Waals surface area contributed by atoms with Gasteiger partial charge in [-0.3, -0.25) is 4.72 Å². The molecule has 0 aliphatic carbocycles. The third kappa shape index (κ3) is 3.00. The van der Waals surface area contributed by atoms with E-state index in [0.29, 0.717) is 16.8 Å². The van der Waals surface area contributed by atoms with Gasteiger partial charge in [0.2, 0.25) is 0 Å². The molecule has 0 spiro atoms. The first kappa shape index (κ1) is 15.3. The minimum absolute atomic E-state index is 0.0887. The molecule has 2 rings (SSSR count). The summed E-state index contributed by atoms with van der Waals surface area (Å²) >= 11 is 0. The Hall–Kier alpha value is -2.08. The molecule has 0 amide bonds. The van der Waals surface area contributed by atoms with Crippen LogP contribution in [0.4, 0.5) is 5.82 Å². The number of pyridine rings is 1. The molecular formula is C15H18N2O3S. The van der Waals surface area contributed by atoms with Crippen molar-refractivity contribution in [3.63, 3.8) is 0 Å². The van der Waals surface area contributed by atoms with E-state index in [1.54, 1.807) is 45.0 Å². The smallest absolute Gasteiger partial charge is 0.263 e. The number of aromatic hydroxyl groups is 1. The molecule has 5 nitrogen and oxygen atoms in total. The summed E-state index contributed by atoms with van der Waals surface area (Å²) in [5.74, 6) is 0.328. The van der Waals surface area contributed by atoms with Crippen LogP contribution in [0.1, 0.15) is 22.4 Å². The molecule has 1 aromatic carbocycles. The summed E-state index contributed by atoms with van der Waals surface area (Å²) in [4.78, 5) is 4.30. The van der Waals surface area contributed by atoms with Crippen LogP contribution in [0.25, 0.3) is 0 Å². The maximum atomic E-state index is 12.4. The topological polar surface area (TPSA) is 79.3 Å². The molecule has 21 heavy (non-hydrogen) atoms. The fraction of sp³-hybridized carbons (Fsp3) is 0.267. The molecule has 0 aliphatic heterocycles. The van der Waals surface area contributed by atoms with Crippen molar-refractivity contribution in [2.24, 2.45) is 0 Å². The Kier molecular flexibility index (Phi) is 3.91. The minimum atomic E-state index is -3.69. The van der Waals surface area contributed by atoms with Crippen LogP contribution in [-0.2, 0) is 10.0 Å². The van der Waals surface area contributed by atoms with Gasteiger partial charge >= 0.3 is 0 Å². The molecule has 0 saturated carbocycles. The second kappa shape index (κ2) is 5.37. The lowest BCUT2D eigenvalue weighted by Gasteiger charge is -2.14. The van der Waals surface area contributed by atoms with Crippen LogP contribution in [0.5, 0.6) is 5.75 Å². The molecule has 0 aliphatic rings. The van der Waals surface area contributed by atoms with E-state index in [0.717, 1.165) is 5.56 Å². The maximum Gasteiger partial charge on any atom is 0.263 e. The molecule has 2 aromatic rings. The summed E-state index contributed by atoms with van der Waals surface area (Å²) in [5, 5.41) is 9.82. The lowest BCUT2D eigenvalue weighted by molar-refractivity contribution is 0.463. The van der Waals surface area contributed by atoms with E-state index in [1.165, 1.54) is 0 Å². The number of anilines is 1. The molecular weight excluding hydrogens is 288 g/mol. The Balaban J connectivity index is 2.44. The predicted molar refractivity (Wildman–Crippen MR) is 82.1 cm³/mol. The van der Waals surface area contributed by atoms with E-state index in [1.807, 2.05) is 6.92 Å². The van der Waals surface area contributed by atoms with E-state index in [9.17, 15) is 13.5 Å². The normalized spacial score (nSPS) is 11.4. The van der Waals surface area contributed by atoms with Crippen LogP contribution in [0.3, 0.4) is 0 Å². The SMILES string of the molecule is Cc1ccc(S(=O)(=O)Nc2nc(C)c(O)c(C)c2C)cc1. The third-order valence-corrected chi connectivity index (χ3v) is 4.81. The number of rotatable bonds is 3. The summed E-state index contributed by atoms with van der Waals surface area (Å²) in [5.41, 5.74) is 2.59. The summed E-state index contributed by atoms with van der Waals surface area (Å²) in [7, 11) is -3.69. The largest absolute Gasteiger partial charge is 0.506 e. The minimum Gasteiger partial charge on any atom is -0.506 e. The van der Waals surface area contributed by atoms with Gasteiger partial charge in [-0.1, -0.05) is 17.7 Å². The van der Waals surface area contributed by atoms with Crippen LogP contribution in [-0.4, -0.2) is 18.5 Å². The zero-order chi connectivity index (χ0) is 15.8. The maximum absolute atomic E-state index is 12.4. The number of nitrogens with one attached hydrogen (secondary N) is 1. The number of nitrogens with zero attached hydrogens (tertiary/aromatic N) is 1. The van der Waals surface area contributed by atoms with E-state index < -0.39 is 10.0 Å². The Bertz CT molecular complexity index is 782. The third-order valence-electron chi connectivity index (χ3n) is 3.46. The average molecular weight is 306 g/mol. The lowest BCUT2D eigenvalue weighted by Crippen LogP contribution is -2.15. The van der Waals surface area contributed by atoms with Crippen molar-refractivity contribution in [1.29, 1.82) is 0 Å². The van der Waals surface area contributed by atoms with Gasteiger partial charge in [0, 0.05) is 0 Å². The summed E-state index contributed by atoms with van der Waals surface area (Å²) in [6, 6.07) is 6.57. The van der Waals surface area contributed by atoms with E-state index in [-0.39, 0.29) is 16.5 Å². The Morgan fingerprint density at radius 3 is 2.14 bits per heavy atom. The molecule has 0 radical (unpaired) electrons. The number of hydrogen-bond donors (Lipinski definition) is 2. The van der Waals surface area contributed by atoms with Crippen molar-refractivity contribution in [2.45, 2.75) is 32.6 Å². The molecule has 6 heteroatoms. The molecule has 2 N–H and O–H groups in total. The molecule has 112 valence electrons. The molecule has 0 atom stereocenters. The van der Waals surface area contributed by atoms with Crippen molar-refractivity contribution in [2.75, 3.05) is 4.72 Å².